The first kappa shape index (κ1) is 10.6. The molecule has 1 aromatic carbocycles. The molecule has 0 fully saturated rings. The number of rotatable bonds is 2. The lowest BCUT2D eigenvalue weighted by molar-refractivity contribution is 0.168. The maximum Gasteiger partial charge on any atom is 0.411 e. The topological polar surface area (TPSA) is 38.3 Å². The highest BCUT2D eigenvalue weighted by molar-refractivity contribution is 5.84. The number of hydrogen-bond acceptors (Lipinski definition) is 2. The fourth-order valence-corrected chi connectivity index (χ4v) is 1.10. The van der Waals surface area contributed by atoms with Crippen molar-refractivity contribution in [1.82, 2.24) is 0 Å². The van der Waals surface area contributed by atoms with Gasteiger partial charge >= 0.3 is 6.09 Å². The van der Waals surface area contributed by atoms with Gasteiger partial charge in [0, 0.05) is 5.69 Å². The number of benzene rings is 1. The molecule has 1 N–H and O–H groups in total. The normalized spacial score (nSPS) is 9.64. The molecule has 0 saturated carbocycles. The Morgan fingerprint density at radius 1 is 1.36 bits per heavy atom. The first-order valence-corrected chi connectivity index (χ1v) is 4.64. The molecule has 0 radical (unpaired) electrons. The van der Waals surface area contributed by atoms with Crippen LogP contribution in [-0.4, -0.2) is 12.7 Å². The van der Waals surface area contributed by atoms with Crippen molar-refractivity contribution >= 4 is 11.8 Å². The zero-order chi connectivity index (χ0) is 10.6. The number of amides is 1. The van der Waals surface area contributed by atoms with Gasteiger partial charge < -0.3 is 4.74 Å². The Hall–Kier alpha value is -1.51. The van der Waals surface area contributed by atoms with Gasteiger partial charge in [-0.05, 0) is 44.0 Å². The van der Waals surface area contributed by atoms with E-state index in [-0.39, 0.29) is 0 Å². The van der Waals surface area contributed by atoms with Crippen LogP contribution in [0.15, 0.2) is 18.2 Å². The number of carbonyl (C=O) groups is 1. The van der Waals surface area contributed by atoms with E-state index in [2.05, 4.69) is 5.32 Å². The average Bonchev–Trinajstić information content (AvgIpc) is 2.12. The summed E-state index contributed by atoms with van der Waals surface area (Å²) in [5, 5.41) is 2.65. The fraction of sp³-hybridized carbons (Fsp3) is 0.364. The standard InChI is InChI=1S/C11H15NO2/c1-4-14-11(13)12-10-6-5-8(2)9(3)7-10/h5-7H,4H2,1-3H3,(H,12,13). The van der Waals surface area contributed by atoms with Gasteiger partial charge in [0.1, 0.15) is 0 Å². The maximum absolute atomic E-state index is 11.1. The molecule has 0 aliphatic carbocycles. The zero-order valence-corrected chi connectivity index (χ0v) is 8.76. The molecule has 0 spiro atoms. The molecule has 0 saturated heterocycles. The molecule has 0 aliphatic heterocycles. The average molecular weight is 193 g/mol. The number of hydrogen-bond donors (Lipinski definition) is 1. The van der Waals surface area contributed by atoms with E-state index in [1.807, 2.05) is 32.0 Å². The molecule has 0 heterocycles. The number of carbonyl (C=O) groups excluding carboxylic acids is 1. The minimum atomic E-state index is -0.407. The highest BCUT2D eigenvalue weighted by Crippen LogP contribution is 2.14. The molecule has 0 unspecified atom stereocenters. The molecular weight excluding hydrogens is 178 g/mol. The van der Waals surface area contributed by atoms with Crippen molar-refractivity contribution in [2.75, 3.05) is 11.9 Å². The van der Waals surface area contributed by atoms with Crippen molar-refractivity contribution in [1.29, 1.82) is 0 Å². The van der Waals surface area contributed by atoms with Crippen molar-refractivity contribution in [3.05, 3.63) is 29.3 Å². The van der Waals surface area contributed by atoms with Gasteiger partial charge in [0.05, 0.1) is 6.61 Å². The van der Waals surface area contributed by atoms with E-state index >= 15 is 0 Å². The van der Waals surface area contributed by atoms with Crippen LogP contribution in [0.5, 0.6) is 0 Å². The number of aryl methyl sites for hydroxylation is 2. The molecule has 0 aromatic heterocycles. The number of ether oxygens (including phenoxy) is 1. The summed E-state index contributed by atoms with van der Waals surface area (Å²) in [7, 11) is 0. The largest absolute Gasteiger partial charge is 0.450 e. The molecule has 3 heteroatoms. The van der Waals surface area contributed by atoms with Gasteiger partial charge in [-0.3, -0.25) is 5.32 Å². The van der Waals surface area contributed by atoms with E-state index in [1.165, 1.54) is 5.56 Å². The molecule has 0 bridgehead atoms. The molecule has 0 atom stereocenters. The van der Waals surface area contributed by atoms with Gasteiger partial charge in [-0.25, -0.2) is 4.79 Å². The second kappa shape index (κ2) is 4.65. The Kier molecular flexibility index (Phi) is 3.51. The second-order valence-electron chi connectivity index (χ2n) is 3.14. The first-order chi connectivity index (χ1) is 6.63. The third-order valence-electron chi connectivity index (χ3n) is 2.03. The summed E-state index contributed by atoms with van der Waals surface area (Å²) in [4.78, 5) is 11.1. The molecule has 14 heavy (non-hydrogen) atoms. The number of nitrogens with one attached hydrogen (secondary N) is 1. The van der Waals surface area contributed by atoms with Crippen LogP contribution in [0.1, 0.15) is 18.1 Å². The van der Waals surface area contributed by atoms with E-state index in [1.54, 1.807) is 6.92 Å². The first-order valence-electron chi connectivity index (χ1n) is 4.64. The SMILES string of the molecule is CCOC(=O)Nc1ccc(C)c(C)c1. The lowest BCUT2D eigenvalue weighted by atomic mass is 10.1. The number of anilines is 1. The lowest BCUT2D eigenvalue weighted by Crippen LogP contribution is -2.13. The van der Waals surface area contributed by atoms with Crippen LogP contribution in [0.3, 0.4) is 0 Å². The van der Waals surface area contributed by atoms with Crippen molar-refractivity contribution in [3.8, 4) is 0 Å². The predicted octanol–water partition coefficient (Wildman–Crippen LogP) is 2.87. The lowest BCUT2D eigenvalue weighted by Gasteiger charge is -2.07. The molecule has 1 rings (SSSR count). The maximum atomic E-state index is 11.1. The Morgan fingerprint density at radius 3 is 2.64 bits per heavy atom. The van der Waals surface area contributed by atoms with Crippen LogP contribution in [0.2, 0.25) is 0 Å². The fourth-order valence-electron chi connectivity index (χ4n) is 1.10. The minimum absolute atomic E-state index is 0.386. The smallest absolute Gasteiger partial charge is 0.411 e. The van der Waals surface area contributed by atoms with Gasteiger partial charge in [-0.2, -0.15) is 0 Å². The van der Waals surface area contributed by atoms with Crippen LogP contribution in [0.4, 0.5) is 10.5 Å². The summed E-state index contributed by atoms with van der Waals surface area (Å²) in [5.74, 6) is 0. The third kappa shape index (κ3) is 2.76. The molecule has 1 aromatic rings. The summed E-state index contributed by atoms with van der Waals surface area (Å²) < 4.78 is 4.77. The Labute approximate surface area is 84.1 Å². The van der Waals surface area contributed by atoms with E-state index in [0.717, 1.165) is 11.3 Å². The summed E-state index contributed by atoms with van der Waals surface area (Å²) >= 11 is 0. The van der Waals surface area contributed by atoms with E-state index in [9.17, 15) is 4.79 Å². The quantitative estimate of drug-likeness (QED) is 0.784. The van der Waals surface area contributed by atoms with Crippen molar-refractivity contribution in [3.63, 3.8) is 0 Å². The predicted molar refractivity (Wildman–Crippen MR) is 56.6 cm³/mol. The molecule has 1 amide bonds. The second-order valence-corrected chi connectivity index (χ2v) is 3.14. The summed E-state index contributed by atoms with van der Waals surface area (Å²) in [6, 6.07) is 5.75. The van der Waals surface area contributed by atoms with Crippen molar-refractivity contribution in [2.24, 2.45) is 0 Å². The van der Waals surface area contributed by atoms with Gasteiger partial charge in [-0.15, -0.1) is 0 Å². The third-order valence-corrected chi connectivity index (χ3v) is 2.03. The summed E-state index contributed by atoms with van der Waals surface area (Å²) in [5.41, 5.74) is 3.13. The van der Waals surface area contributed by atoms with Crippen LogP contribution >= 0.6 is 0 Å². The zero-order valence-electron chi connectivity index (χ0n) is 8.76. The highest BCUT2D eigenvalue weighted by atomic mass is 16.5. The van der Waals surface area contributed by atoms with E-state index < -0.39 is 6.09 Å². The monoisotopic (exact) mass is 193 g/mol. The van der Waals surface area contributed by atoms with Gasteiger partial charge in [-0.1, -0.05) is 6.07 Å². The van der Waals surface area contributed by atoms with Gasteiger partial charge in [0.2, 0.25) is 0 Å². The summed E-state index contributed by atoms with van der Waals surface area (Å²) in [6.07, 6.45) is -0.407. The summed E-state index contributed by atoms with van der Waals surface area (Å²) in [6.45, 7) is 6.20. The van der Waals surface area contributed by atoms with Gasteiger partial charge in [0.15, 0.2) is 0 Å². The van der Waals surface area contributed by atoms with Crippen LogP contribution in [0, 0.1) is 13.8 Å². The van der Waals surface area contributed by atoms with Crippen molar-refractivity contribution < 1.29 is 9.53 Å². The Morgan fingerprint density at radius 2 is 2.07 bits per heavy atom. The van der Waals surface area contributed by atoms with Crippen LogP contribution in [0.25, 0.3) is 0 Å². The van der Waals surface area contributed by atoms with E-state index in [4.69, 9.17) is 4.74 Å². The minimum Gasteiger partial charge on any atom is -0.450 e. The Balaban J connectivity index is 2.68. The van der Waals surface area contributed by atoms with Crippen molar-refractivity contribution in [2.45, 2.75) is 20.8 Å². The van der Waals surface area contributed by atoms with Crippen LogP contribution < -0.4 is 5.32 Å². The highest BCUT2D eigenvalue weighted by Gasteiger charge is 2.02. The molecular formula is C11H15NO2. The molecule has 76 valence electrons. The molecule has 3 nitrogen and oxygen atoms in total. The molecule has 0 aliphatic rings. The van der Waals surface area contributed by atoms with Crippen LogP contribution in [-0.2, 0) is 4.74 Å². The van der Waals surface area contributed by atoms with E-state index in [0.29, 0.717) is 6.61 Å². The van der Waals surface area contributed by atoms with Gasteiger partial charge in [0.25, 0.3) is 0 Å². The Bertz CT molecular complexity index is 334.